The van der Waals surface area contributed by atoms with Crippen LogP contribution in [0.3, 0.4) is 0 Å². The fraction of sp³-hybridized carbons (Fsp3) is 0.571. The minimum atomic E-state index is -0.775. The second-order valence-corrected chi connectivity index (χ2v) is 9.24. The number of hydrogen-bond donors (Lipinski definition) is 4. The molecule has 1 unspecified atom stereocenters. The maximum absolute atomic E-state index is 12.4. The van der Waals surface area contributed by atoms with Crippen molar-refractivity contribution in [2.75, 3.05) is 11.9 Å². The summed E-state index contributed by atoms with van der Waals surface area (Å²) in [4.78, 5) is 36.7. The summed E-state index contributed by atoms with van der Waals surface area (Å²) < 4.78 is 10.9. The number of halogens is 1. The molecule has 1 atom stereocenters. The number of benzene rings is 1. The highest BCUT2D eigenvalue weighted by Crippen LogP contribution is 2.31. The van der Waals surface area contributed by atoms with Crippen LogP contribution in [0, 0.1) is 5.92 Å². The van der Waals surface area contributed by atoms with Gasteiger partial charge in [-0.25, -0.2) is 4.79 Å². The van der Waals surface area contributed by atoms with Gasteiger partial charge >= 0.3 is 6.09 Å². The molecule has 0 bridgehead atoms. The SMILES string of the molecule is CC(C)(C)OC(=O)NC1CCC(C(=O)NNC(=O)C2CNc3cc(Cl)ccc3O2)CC1. The number of alkyl carbamates (subject to hydrolysis) is 1. The molecule has 1 fully saturated rings. The quantitative estimate of drug-likeness (QED) is 0.524. The number of rotatable bonds is 3. The standard InChI is InChI=1S/C21H29ClN4O5/c1-21(2,3)31-20(29)24-14-7-4-12(5-8-14)18(27)25-26-19(28)17-11-23-15-10-13(22)6-9-16(15)30-17/h6,9-10,12,14,17,23H,4-5,7-8,11H2,1-3H3,(H,24,29)(H,25,27)(H,26,28). The molecule has 1 aromatic rings. The maximum Gasteiger partial charge on any atom is 0.407 e. The summed E-state index contributed by atoms with van der Waals surface area (Å²) in [7, 11) is 0. The molecular formula is C21H29ClN4O5. The minimum absolute atomic E-state index is 0.0243. The van der Waals surface area contributed by atoms with E-state index in [4.69, 9.17) is 21.1 Å². The Balaban J connectivity index is 1.39. The van der Waals surface area contributed by atoms with E-state index >= 15 is 0 Å². The van der Waals surface area contributed by atoms with Crippen molar-refractivity contribution in [2.45, 2.75) is 64.2 Å². The van der Waals surface area contributed by atoms with Gasteiger partial charge in [-0.15, -0.1) is 0 Å². The average molecular weight is 453 g/mol. The van der Waals surface area contributed by atoms with Crippen LogP contribution in [0.5, 0.6) is 5.75 Å². The zero-order valence-corrected chi connectivity index (χ0v) is 18.7. The van der Waals surface area contributed by atoms with Gasteiger partial charge in [0.2, 0.25) is 5.91 Å². The average Bonchev–Trinajstić information content (AvgIpc) is 2.70. The summed E-state index contributed by atoms with van der Waals surface area (Å²) in [5, 5.41) is 6.51. The monoisotopic (exact) mass is 452 g/mol. The first-order valence-electron chi connectivity index (χ1n) is 10.4. The topological polar surface area (TPSA) is 118 Å². The highest BCUT2D eigenvalue weighted by atomic mass is 35.5. The molecule has 0 aromatic heterocycles. The normalized spacial score (nSPS) is 22.8. The molecule has 170 valence electrons. The van der Waals surface area contributed by atoms with Gasteiger partial charge in [-0.1, -0.05) is 11.6 Å². The van der Waals surface area contributed by atoms with Crippen molar-refractivity contribution in [3.63, 3.8) is 0 Å². The smallest absolute Gasteiger partial charge is 0.407 e. The molecule has 3 amide bonds. The molecule has 0 saturated heterocycles. The van der Waals surface area contributed by atoms with E-state index in [2.05, 4.69) is 21.5 Å². The summed E-state index contributed by atoms with van der Waals surface area (Å²) in [5.74, 6) is -0.398. The number of ether oxygens (including phenoxy) is 2. The van der Waals surface area contributed by atoms with Gasteiger partial charge in [0.15, 0.2) is 6.10 Å². The Kier molecular flexibility index (Phi) is 7.15. The van der Waals surface area contributed by atoms with Crippen LogP contribution in [0.1, 0.15) is 46.5 Å². The van der Waals surface area contributed by atoms with Crippen LogP contribution >= 0.6 is 11.6 Å². The van der Waals surface area contributed by atoms with Crippen molar-refractivity contribution in [1.29, 1.82) is 0 Å². The molecule has 31 heavy (non-hydrogen) atoms. The van der Waals surface area contributed by atoms with E-state index in [1.54, 1.807) is 18.2 Å². The first-order valence-corrected chi connectivity index (χ1v) is 10.8. The minimum Gasteiger partial charge on any atom is -0.476 e. The summed E-state index contributed by atoms with van der Waals surface area (Å²) in [6.45, 7) is 5.69. The van der Waals surface area contributed by atoms with Crippen LogP contribution in [-0.2, 0) is 14.3 Å². The lowest BCUT2D eigenvalue weighted by molar-refractivity contribution is -0.135. The van der Waals surface area contributed by atoms with Gasteiger partial charge in [0, 0.05) is 17.0 Å². The zero-order chi connectivity index (χ0) is 22.6. The number of hydrazine groups is 1. The molecule has 1 aromatic carbocycles. The fourth-order valence-electron chi connectivity index (χ4n) is 3.57. The lowest BCUT2D eigenvalue weighted by Gasteiger charge is -2.30. The number of amides is 3. The lowest BCUT2D eigenvalue weighted by Crippen LogP contribution is -2.53. The molecule has 1 aliphatic heterocycles. The predicted molar refractivity (Wildman–Crippen MR) is 116 cm³/mol. The van der Waals surface area contributed by atoms with Gasteiger partial charge in [0.1, 0.15) is 11.4 Å². The van der Waals surface area contributed by atoms with E-state index in [0.29, 0.717) is 36.5 Å². The number of anilines is 1. The van der Waals surface area contributed by atoms with Crippen LogP contribution in [-0.4, -0.2) is 42.2 Å². The first-order chi connectivity index (χ1) is 14.6. The highest BCUT2D eigenvalue weighted by molar-refractivity contribution is 6.30. The number of carbonyl (C=O) groups excluding carboxylic acids is 3. The summed E-state index contributed by atoms with van der Waals surface area (Å²) >= 11 is 5.94. The summed E-state index contributed by atoms with van der Waals surface area (Å²) in [6, 6.07) is 5.06. The molecule has 0 radical (unpaired) electrons. The third kappa shape index (κ3) is 6.65. The summed E-state index contributed by atoms with van der Waals surface area (Å²) in [5.41, 5.74) is 5.10. The van der Waals surface area contributed by atoms with Crippen molar-refractivity contribution in [3.8, 4) is 5.75 Å². The van der Waals surface area contributed by atoms with Crippen LogP contribution < -0.4 is 26.2 Å². The molecule has 9 nitrogen and oxygen atoms in total. The molecule has 3 rings (SSSR count). The molecule has 1 aliphatic carbocycles. The molecule has 1 saturated carbocycles. The Morgan fingerprint density at radius 1 is 1.10 bits per heavy atom. The molecule has 10 heteroatoms. The van der Waals surface area contributed by atoms with E-state index in [1.165, 1.54) is 0 Å². The van der Waals surface area contributed by atoms with Gasteiger partial charge < -0.3 is 20.1 Å². The molecule has 1 heterocycles. The van der Waals surface area contributed by atoms with Crippen molar-refractivity contribution in [3.05, 3.63) is 23.2 Å². The van der Waals surface area contributed by atoms with Gasteiger partial charge in [-0.05, 0) is 64.7 Å². The second kappa shape index (κ2) is 9.64. The van der Waals surface area contributed by atoms with Crippen molar-refractivity contribution >= 4 is 35.2 Å². The van der Waals surface area contributed by atoms with Gasteiger partial charge in [-0.3, -0.25) is 20.4 Å². The van der Waals surface area contributed by atoms with Crippen molar-refractivity contribution in [1.82, 2.24) is 16.2 Å². The van der Waals surface area contributed by atoms with Gasteiger partial charge in [0.25, 0.3) is 5.91 Å². The van der Waals surface area contributed by atoms with Crippen LogP contribution in [0.2, 0.25) is 5.02 Å². The fourth-order valence-corrected chi connectivity index (χ4v) is 3.74. The molecular weight excluding hydrogens is 424 g/mol. The second-order valence-electron chi connectivity index (χ2n) is 8.80. The maximum atomic E-state index is 12.4. The van der Waals surface area contributed by atoms with Crippen molar-refractivity contribution in [2.24, 2.45) is 5.92 Å². The van der Waals surface area contributed by atoms with E-state index in [-0.39, 0.29) is 24.4 Å². The number of carbonyl (C=O) groups is 3. The number of fused-ring (bicyclic) bond motifs is 1. The van der Waals surface area contributed by atoms with Gasteiger partial charge in [0.05, 0.1) is 12.2 Å². The highest BCUT2D eigenvalue weighted by Gasteiger charge is 2.30. The Bertz CT molecular complexity index is 834. The van der Waals surface area contributed by atoms with Gasteiger partial charge in [-0.2, -0.15) is 0 Å². The third-order valence-corrected chi connectivity index (χ3v) is 5.34. The first kappa shape index (κ1) is 23.0. The molecule has 0 spiro atoms. The summed E-state index contributed by atoms with van der Waals surface area (Å²) in [6.07, 6.45) is 1.33. The van der Waals surface area contributed by atoms with Crippen LogP contribution in [0.15, 0.2) is 18.2 Å². The Labute approximate surface area is 186 Å². The number of hydrogen-bond acceptors (Lipinski definition) is 6. The molecule has 2 aliphatic rings. The Morgan fingerprint density at radius 2 is 1.77 bits per heavy atom. The van der Waals surface area contributed by atoms with Crippen LogP contribution in [0.25, 0.3) is 0 Å². The van der Waals surface area contributed by atoms with E-state index in [0.717, 1.165) is 5.69 Å². The van der Waals surface area contributed by atoms with E-state index in [1.807, 2.05) is 20.8 Å². The van der Waals surface area contributed by atoms with Crippen LogP contribution in [0.4, 0.5) is 10.5 Å². The zero-order valence-electron chi connectivity index (χ0n) is 17.9. The third-order valence-electron chi connectivity index (χ3n) is 5.11. The van der Waals surface area contributed by atoms with E-state index in [9.17, 15) is 14.4 Å². The van der Waals surface area contributed by atoms with E-state index < -0.39 is 23.7 Å². The largest absolute Gasteiger partial charge is 0.476 e. The Hall–Kier alpha value is -2.68. The number of nitrogens with one attached hydrogen (secondary N) is 4. The van der Waals surface area contributed by atoms with Crippen molar-refractivity contribution < 1.29 is 23.9 Å². The Morgan fingerprint density at radius 3 is 2.45 bits per heavy atom. The molecule has 4 N–H and O–H groups in total. The predicted octanol–water partition coefficient (Wildman–Crippen LogP) is 2.74. The lowest BCUT2D eigenvalue weighted by atomic mass is 9.85.